The number of aryl methyl sites for hydroxylation is 1. The molecule has 1 amide bonds. The van der Waals surface area contributed by atoms with Gasteiger partial charge in [-0.3, -0.25) is 9.36 Å². The Bertz CT molecular complexity index is 1500. The van der Waals surface area contributed by atoms with Crippen molar-refractivity contribution >= 4 is 41.1 Å². The van der Waals surface area contributed by atoms with E-state index in [1.165, 1.54) is 28.8 Å². The second-order valence-electron chi connectivity index (χ2n) is 9.26. The summed E-state index contributed by atoms with van der Waals surface area (Å²) in [7, 11) is 0. The SMILES string of the molecule is O=C(Cc1c(O)n(-c2ccc(F)cc2)c(=S)n1CCc1ccc(Cl)cc1)Nc1ccc(N2CCOCC2)cc1. The summed E-state index contributed by atoms with van der Waals surface area (Å²) in [6, 6.07) is 20.8. The maximum atomic E-state index is 13.6. The number of carbonyl (C=O) groups excluding carboxylic acids is 1. The summed E-state index contributed by atoms with van der Waals surface area (Å²) in [5.41, 5.74) is 3.64. The second kappa shape index (κ2) is 12.0. The maximum absolute atomic E-state index is 13.6. The molecule has 0 saturated carbocycles. The smallest absolute Gasteiger partial charge is 0.230 e. The number of carbonyl (C=O) groups is 1. The molecule has 0 radical (unpaired) electrons. The molecule has 0 bridgehead atoms. The second-order valence-corrected chi connectivity index (χ2v) is 10.1. The number of benzene rings is 3. The predicted octanol–water partition coefficient (Wildman–Crippen LogP) is 5.77. The highest BCUT2D eigenvalue weighted by Gasteiger charge is 2.21. The number of morpholine rings is 1. The van der Waals surface area contributed by atoms with E-state index >= 15 is 0 Å². The number of aromatic hydroxyl groups is 1. The number of hydrogen-bond acceptors (Lipinski definition) is 5. The van der Waals surface area contributed by atoms with Crippen molar-refractivity contribution in [2.24, 2.45) is 0 Å². The predicted molar refractivity (Wildman–Crippen MR) is 153 cm³/mol. The van der Waals surface area contributed by atoms with Gasteiger partial charge in [0.25, 0.3) is 0 Å². The Kier molecular flexibility index (Phi) is 8.30. The van der Waals surface area contributed by atoms with Crippen LogP contribution in [0.1, 0.15) is 11.3 Å². The number of nitrogens with zero attached hydrogens (tertiary/aromatic N) is 3. The third kappa shape index (κ3) is 6.33. The van der Waals surface area contributed by atoms with Gasteiger partial charge in [0.05, 0.1) is 31.0 Å². The van der Waals surface area contributed by atoms with Crippen molar-refractivity contribution in [2.45, 2.75) is 19.4 Å². The molecule has 1 saturated heterocycles. The molecule has 1 aromatic heterocycles. The van der Waals surface area contributed by atoms with Gasteiger partial charge in [0.2, 0.25) is 11.8 Å². The van der Waals surface area contributed by atoms with Crippen LogP contribution in [-0.2, 0) is 28.9 Å². The van der Waals surface area contributed by atoms with Crippen molar-refractivity contribution in [3.8, 4) is 11.6 Å². The summed E-state index contributed by atoms with van der Waals surface area (Å²) in [6.45, 7) is 3.48. The first-order valence-corrected chi connectivity index (χ1v) is 13.4. The zero-order valence-electron chi connectivity index (χ0n) is 21.1. The number of nitrogens with one attached hydrogen (secondary N) is 1. The number of imidazole rings is 1. The van der Waals surface area contributed by atoms with E-state index in [4.69, 9.17) is 28.6 Å². The van der Waals surface area contributed by atoms with Gasteiger partial charge in [-0.25, -0.2) is 4.39 Å². The molecule has 7 nitrogen and oxygen atoms in total. The normalized spacial score (nSPS) is 13.4. The van der Waals surface area contributed by atoms with Gasteiger partial charge in [-0.2, -0.15) is 0 Å². The molecule has 202 valence electrons. The van der Waals surface area contributed by atoms with Gasteiger partial charge in [0.1, 0.15) is 5.82 Å². The molecule has 5 rings (SSSR count). The van der Waals surface area contributed by atoms with E-state index in [0.717, 1.165) is 24.3 Å². The summed E-state index contributed by atoms with van der Waals surface area (Å²) in [4.78, 5) is 15.4. The molecular formula is C29H28ClFN4O3S. The molecular weight excluding hydrogens is 539 g/mol. The van der Waals surface area contributed by atoms with Crippen LogP contribution in [0.2, 0.25) is 5.02 Å². The Morgan fingerprint density at radius 3 is 2.28 bits per heavy atom. The molecule has 3 aromatic carbocycles. The Hall–Kier alpha value is -3.66. The fourth-order valence-electron chi connectivity index (χ4n) is 4.63. The van der Waals surface area contributed by atoms with Gasteiger partial charge < -0.3 is 24.6 Å². The molecule has 0 spiro atoms. The fourth-order valence-corrected chi connectivity index (χ4v) is 5.15. The first-order chi connectivity index (χ1) is 18.9. The quantitative estimate of drug-likeness (QED) is 0.265. The Balaban J connectivity index is 1.38. The van der Waals surface area contributed by atoms with Crippen LogP contribution in [0.4, 0.5) is 15.8 Å². The Morgan fingerprint density at radius 2 is 1.62 bits per heavy atom. The van der Waals surface area contributed by atoms with Gasteiger partial charge in [-0.15, -0.1) is 0 Å². The van der Waals surface area contributed by atoms with Gasteiger partial charge in [-0.05, 0) is 84.9 Å². The molecule has 10 heteroatoms. The van der Waals surface area contributed by atoms with Crippen LogP contribution in [0.15, 0.2) is 72.8 Å². The number of amides is 1. The number of aromatic nitrogens is 2. The van der Waals surface area contributed by atoms with E-state index in [1.54, 1.807) is 4.57 Å². The maximum Gasteiger partial charge on any atom is 0.230 e. The lowest BCUT2D eigenvalue weighted by atomic mass is 10.1. The van der Waals surface area contributed by atoms with Crippen LogP contribution in [0.25, 0.3) is 5.69 Å². The third-order valence-electron chi connectivity index (χ3n) is 6.70. The van der Waals surface area contributed by atoms with E-state index in [1.807, 2.05) is 48.5 Å². The zero-order valence-corrected chi connectivity index (χ0v) is 22.7. The topological polar surface area (TPSA) is 71.7 Å². The lowest BCUT2D eigenvalue weighted by Crippen LogP contribution is -2.36. The highest BCUT2D eigenvalue weighted by molar-refractivity contribution is 7.71. The minimum Gasteiger partial charge on any atom is -0.493 e. The molecule has 2 heterocycles. The minimum absolute atomic E-state index is 0.102. The van der Waals surface area contributed by atoms with Crippen molar-refractivity contribution in [3.05, 3.63) is 99.7 Å². The zero-order chi connectivity index (χ0) is 27.4. The monoisotopic (exact) mass is 566 g/mol. The van der Waals surface area contributed by atoms with Gasteiger partial charge >= 0.3 is 0 Å². The summed E-state index contributed by atoms with van der Waals surface area (Å²) < 4.78 is 22.5. The number of anilines is 2. The molecule has 0 aliphatic carbocycles. The molecule has 1 aliphatic rings. The standard InChI is InChI=1S/C29H28ClFN4O3S/c30-21-3-1-20(2-4-21)13-14-34-26(28(37)35(29(34)39)25-9-5-22(31)6-10-25)19-27(36)32-23-7-11-24(12-8-23)33-15-17-38-18-16-33/h1-12,37H,13-19H2,(H,32,36). The minimum atomic E-state index is -0.397. The largest absolute Gasteiger partial charge is 0.493 e. The van der Waals surface area contributed by atoms with Gasteiger partial charge in [0, 0.05) is 36.0 Å². The summed E-state index contributed by atoms with van der Waals surface area (Å²) >= 11 is 11.7. The van der Waals surface area contributed by atoms with Gasteiger partial charge in [-0.1, -0.05) is 23.7 Å². The highest BCUT2D eigenvalue weighted by atomic mass is 35.5. The van der Waals surface area contributed by atoms with E-state index in [-0.39, 0.29) is 18.2 Å². The van der Waals surface area contributed by atoms with Crippen LogP contribution in [0, 0.1) is 10.6 Å². The molecule has 1 aliphatic heterocycles. The third-order valence-corrected chi connectivity index (χ3v) is 7.35. The van der Waals surface area contributed by atoms with E-state index in [0.29, 0.717) is 53.0 Å². The Labute approximate surface area is 236 Å². The van der Waals surface area contributed by atoms with Gasteiger partial charge in [0.15, 0.2) is 4.77 Å². The van der Waals surface area contributed by atoms with Crippen LogP contribution in [-0.4, -0.2) is 46.5 Å². The average molecular weight is 567 g/mol. The van der Waals surface area contributed by atoms with Crippen LogP contribution < -0.4 is 10.2 Å². The lowest BCUT2D eigenvalue weighted by Gasteiger charge is -2.28. The summed E-state index contributed by atoms with van der Waals surface area (Å²) in [5.74, 6) is -0.845. The molecule has 4 aromatic rings. The molecule has 2 N–H and O–H groups in total. The van der Waals surface area contributed by atoms with Crippen molar-refractivity contribution in [3.63, 3.8) is 0 Å². The van der Waals surface area contributed by atoms with Crippen molar-refractivity contribution < 1.29 is 19.0 Å². The van der Waals surface area contributed by atoms with E-state index < -0.39 is 5.82 Å². The van der Waals surface area contributed by atoms with Crippen LogP contribution in [0.3, 0.4) is 0 Å². The van der Waals surface area contributed by atoms with E-state index in [2.05, 4.69) is 10.2 Å². The fraction of sp³-hybridized carbons (Fsp3) is 0.241. The van der Waals surface area contributed by atoms with Crippen molar-refractivity contribution in [1.82, 2.24) is 9.13 Å². The lowest BCUT2D eigenvalue weighted by molar-refractivity contribution is -0.115. The number of hydrogen-bond donors (Lipinski definition) is 2. The van der Waals surface area contributed by atoms with E-state index in [9.17, 15) is 14.3 Å². The first-order valence-electron chi connectivity index (χ1n) is 12.7. The molecule has 1 fully saturated rings. The van der Waals surface area contributed by atoms with Crippen molar-refractivity contribution in [2.75, 3.05) is 36.5 Å². The molecule has 39 heavy (non-hydrogen) atoms. The Morgan fingerprint density at radius 1 is 0.974 bits per heavy atom. The summed E-state index contributed by atoms with van der Waals surface area (Å²) in [6.07, 6.45) is 0.505. The number of rotatable bonds is 8. The van der Waals surface area contributed by atoms with Crippen LogP contribution in [0.5, 0.6) is 5.88 Å². The number of ether oxygens (including phenoxy) is 1. The molecule has 0 atom stereocenters. The highest BCUT2D eigenvalue weighted by Crippen LogP contribution is 2.27. The van der Waals surface area contributed by atoms with Crippen LogP contribution >= 0.6 is 23.8 Å². The average Bonchev–Trinajstić information content (AvgIpc) is 3.18. The summed E-state index contributed by atoms with van der Waals surface area (Å²) in [5, 5.41) is 14.8. The number of halogens is 2. The van der Waals surface area contributed by atoms with Crippen molar-refractivity contribution in [1.29, 1.82) is 0 Å². The molecule has 0 unspecified atom stereocenters. The first kappa shape index (κ1) is 26.9.